The molecule has 0 saturated heterocycles. The van der Waals surface area contributed by atoms with E-state index in [0.29, 0.717) is 10.0 Å². The van der Waals surface area contributed by atoms with Crippen molar-refractivity contribution in [1.82, 2.24) is 5.32 Å². The monoisotopic (exact) mass is 456 g/mol. The number of nitrogens with one attached hydrogen (secondary N) is 2. The fourth-order valence-electron chi connectivity index (χ4n) is 2.36. The number of sulfonamides is 1. The quantitative estimate of drug-likeness (QED) is 0.526. The molecule has 0 aliphatic carbocycles. The Bertz CT molecular complexity index is 998. The van der Waals surface area contributed by atoms with Gasteiger partial charge in [-0.3, -0.25) is 9.52 Å². The number of aromatic hydroxyl groups is 2. The molecule has 0 fully saturated rings. The number of phenolic OH excluding ortho intramolecular Hbond substituents is 2. The van der Waals surface area contributed by atoms with Crippen LogP contribution in [0.4, 0.5) is 5.69 Å². The highest BCUT2D eigenvalue weighted by atomic mass is 79.9. The largest absolute Gasteiger partial charge is 0.507 e. The Hall–Kier alpha value is -2.26. The zero-order valence-electron chi connectivity index (χ0n) is 15.3. The molecule has 27 heavy (non-hydrogen) atoms. The van der Waals surface area contributed by atoms with Crippen LogP contribution in [-0.2, 0) is 15.4 Å². The molecule has 0 spiro atoms. The number of carbonyl (C=O) groups is 1. The average molecular weight is 457 g/mol. The van der Waals surface area contributed by atoms with Crippen LogP contribution in [0.15, 0.2) is 39.7 Å². The van der Waals surface area contributed by atoms with Gasteiger partial charge in [0.25, 0.3) is 15.9 Å². The lowest BCUT2D eigenvalue weighted by Gasteiger charge is -2.22. The topological polar surface area (TPSA) is 116 Å². The highest BCUT2D eigenvalue weighted by molar-refractivity contribution is 9.10. The van der Waals surface area contributed by atoms with Crippen LogP contribution in [0.1, 0.15) is 36.7 Å². The third kappa shape index (κ3) is 4.54. The zero-order valence-corrected chi connectivity index (χ0v) is 17.7. The van der Waals surface area contributed by atoms with Gasteiger partial charge in [-0.25, -0.2) is 8.42 Å². The van der Waals surface area contributed by atoms with Gasteiger partial charge >= 0.3 is 0 Å². The minimum atomic E-state index is -4.22. The van der Waals surface area contributed by atoms with Crippen LogP contribution in [0, 0.1) is 0 Å². The van der Waals surface area contributed by atoms with E-state index >= 15 is 0 Å². The molecular weight excluding hydrogens is 436 g/mol. The van der Waals surface area contributed by atoms with Gasteiger partial charge in [0.1, 0.15) is 10.6 Å². The van der Waals surface area contributed by atoms with E-state index in [1.165, 1.54) is 37.4 Å². The summed E-state index contributed by atoms with van der Waals surface area (Å²) in [6.07, 6.45) is 0. The third-order valence-electron chi connectivity index (χ3n) is 3.90. The van der Waals surface area contributed by atoms with Gasteiger partial charge in [-0.2, -0.15) is 0 Å². The molecule has 0 bridgehead atoms. The molecule has 4 N–H and O–H groups in total. The Labute approximate surface area is 166 Å². The number of benzene rings is 2. The molecule has 0 unspecified atom stereocenters. The van der Waals surface area contributed by atoms with E-state index < -0.39 is 32.8 Å². The van der Waals surface area contributed by atoms with Gasteiger partial charge in [-0.05, 0) is 41.3 Å². The summed E-state index contributed by atoms with van der Waals surface area (Å²) in [5.41, 5.74) is 0.0331. The number of hydrogen-bond acceptors (Lipinski definition) is 5. The fourth-order valence-corrected chi connectivity index (χ4v) is 4.05. The van der Waals surface area contributed by atoms with E-state index in [9.17, 15) is 23.4 Å². The highest BCUT2D eigenvalue weighted by Crippen LogP contribution is 2.37. The van der Waals surface area contributed by atoms with E-state index in [4.69, 9.17) is 0 Å². The molecule has 146 valence electrons. The molecular formula is C18H21BrN2O5S. The van der Waals surface area contributed by atoms with Crippen LogP contribution in [0.25, 0.3) is 0 Å². The first kappa shape index (κ1) is 21.0. The Morgan fingerprint density at radius 3 is 2.30 bits per heavy atom. The average Bonchev–Trinajstić information content (AvgIpc) is 2.56. The second kappa shape index (κ2) is 7.40. The number of halogens is 1. The highest BCUT2D eigenvalue weighted by Gasteiger charge is 2.26. The van der Waals surface area contributed by atoms with Gasteiger partial charge in [-0.1, -0.05) is 36.7 Å². The Kier molecular flexibility index (Phi) is 5.77. The van der Waals surface area contributed by atoms with Crippen molar-refractivity contribution in [1.29, 1.82) is 0 Å². The van der Waals surface area contributed by atoms with Gasteiger partial charge in [0.2, 0.25) is 0 Å². The summed E-state index contributed by atoms with van der Waals surface area (Å²) in [5, 5.41) is 22.8. The standard InChI is InChI=1S/C18H21BrN2O5S/c1-18(2,3)10-7-12(17(24)20-4)16(23)13(8-10)21-27(25,26)15-9-11(19)5-6-14(15)22/h5-9,21-23H,1-4H3,(H,20,24). The number of amides is 1. The molecule has 9 heteroatoms. The molecule has 0 saturated carbocycles. The maximum atomic E-state index is 12.7. The lowest BCUT2D eigenvalue weighted by atomic mass is 9.85. The molecule has 0 radical (unpaired) electrons. The number of rotatable bonds is 4. The first-order chi connectivity index (χ1) is 12.4. The molecule has 0 aliphatic heterocycles. The van der Waals surface area contributed by atoms with Crippen LogP contribution < -0.4 is 10.0 Å². The van der Waals surface area contributed by atoms with Crippen LogP contribution in [0.2, 0.25) is 0 Å². The van der Waals surface area contributed by atoms with Crippen molar-refractivity contribution in [3.63, 3.8) is 0 Å². The molecule has 2 rings (SSSR count). The van der Waals surface area contributed by atoms with E-state index in [-0.39, 0.29) is 16.1 Å². The molecule has 0 aromatic heterocycles. The predicted octanol–water partition coefficient (Wildman–Crippen LogP) is 3.32. The second-order valence-corrected chi connectivity index (χ2v) is 9.53. The van der Waals surface area contributed by atoms with Crippen LogP contribution in [-0.4, -0.2) is 31.6 Å². The molecule has 2 aromatic rings. The lowest BCUT2D eigenvalue weighted by molar-refractivity contribution is 0.0960. The molecule has 7 nitrogen and oxygen atoms in total. The summed E-state index contributed by atoms with van der Waals surface area (Å²) in [5.74, 6) is -1.49. The van der Waals surface area contributed by atoms with Crippen LogP contribution >= 0.6 is 15.9 Å². The Morgan fingerprint density at radius 1 is 1.11 bits per heavy atom. The maximum Gasteiger partial charge on any atom is 0.265 e. The van der Waals surface area contributed by atoms with Gasteiger partial charge in [0.15, 0.2) is 5.75 Å². The van der Waals surface area contributed by atoms with Gasteiger partial charge in [0, 0.05) is 11.5 Å². The molecule has 1 amide bonds. The van der Waals surface area contributed by atoms with Gasteiger partial charge in [-0.15, -0.1) is 0 Å². The number of carbonyl (C=O) groups excluding carboxylic acids is 1. The number of phenols is 2. The second-order valence-electron chi connectivity index (χ2n) is 6.97. The first-order valence-electron chi connectivity index (χ1n) is 7.97. The van der Waals surface area contributed by atoms with Crippen LogP contribution in [0.3, 0.4) is 0 Å². The third-order valence-corrected chi connectivity index (χ3v) is 5.79. The summed E-state index contributed by atoms with van der Waals surface area (Å²) >= 11 is 3.16. The lowest BCUT2D eigenvalue weighted by Crippen LogP contribution is -2.21. The van der Waals surface area contributed by atoms with E-state index in [1.54, 1.807) is 0 Å². The van der Waals surface area contributed by atoms with Crippen molar-refractivity contribution >= 4 is 37.5 Å². The van der Waals surface area contributed by atoms with Crippen molar-refractivity contribution in [3.05, 3.63) is 45.9 Å². The molecule has 2 aromatic carbocycles. The van der Waals surface area contributed by atoms with Gasteiger partial charge < -0.3 is 15.5 Å². The molecule has 0 atom stereocenters. The summed E-state index contributed by atoms with van der Waals surface area (Å²) < 4.78 is 28.2. The minimum Gasteiger partial charge on any atom is -0.507 e. The molecule has 0 heterocycles. The van der Waals surface area contributed by atoms with Crippen molar-refractivity contribution < 1.29 is 23.4 Å². The summed E-state index contributed by atoms with van der Waals surface area (Å²) in [6, 6.07) is 6.95. The summed E-state index contributed by atoms with van der Waals surface area (Å²) in [6.45, 7) is 5.68. The SMILES string of the molecule is CNC(=O)c1cc(C(C)(C)C)cc(NS(=O)(=O)c2cc(Br)ccc2O)c1O. The predicted molar refractivity (Wildman–Crippen MR) is 107 cm³/mol. The summed E-state index contributed by atoms with van der Waals surface area (Å²) in [4.78, 5) is 11.7. The number of anilines is 1. The summed E-state index contributed by atoms with van der Waals surface area (Å²) in [7, 11) is -2.81. The number of hydrogen-bond donors (Lipinski definition) is 4. The van der Waals surface area contributed by atoms with E-state index in [2.05, 4.69) is 26.0 Å². The normalized spacial score (nSPS) is 11.9. The van der Waals surface area contributed by atoms with E-state index in [1.807, 2.05) is 20.8 Å². The first-order valence-corrected chi connectivity index (χ1v) is 10.3. The zero-order chi connectivity index (χ0) is 20.6. The van der Waals surface area contributed by atoms with Crippen molar-refractivity contribution in [2.75, 3.05) is 11.8 Å². The van der Waals surface area contributed by atoms with Crippen molar-refractivity contribution in [3.8, 4) is 11.5 Å². The maximum absolute atomic E-state index is 12.7. The fraction of sp³-hybridized carbons (Fsp3) is 0.278. The van der Waals surface area contributed by atoms with Crippen LogP contribution in [0.5, 0.6) is 11.5 Å². The minimum absolute atomic E-state index is 0.0545. The molecule has 0 aliphatic rings. The van der Waals surface area contributed by atoms with Gasteiger partial charge in [0.05, 0.1) is 11.3 Å². The van der Waals surface area contributed by atoms with Crippen molar-refractivity contribution in [2.24, 2.45) is 0 Å². The Morgan fingerprint density at radius 2 is 1.74 bits per heavy atom. The smallest absolute Gasteiger partial charge is 0.265 e. The van der Waals surface area contributed by atoms with Crippen molar-refractivity contribution in [2.45, 2.75) is 31.1 Å². The Balaban J connectivity index is 2.64. The van der Waals surface area contributed by atoms with E-state index in [0.717, 1.165) is 0 Å².